The molecule has 0 spiro atoms. The maximum atomic E-state index is 14.1. The van der Waals surface area contributed by atoms with E-state index in [1.54, 1.807) is 54.8 Å². The third-order valence-corrected chi connectivity index (χ3v) is 17.5. The number of nitrogens with zero attached hydrogens (tertiary/aromatic N) is 10. The first kappa shape index (κ1) is 52.7. The summed E-state index contributed by atoms with van der Waals surface area (Å²) in [6.07, 6.45) is 11.4. The molecule has 1 aliphatic carbocycles. The van der Waals surface area contributed by atoms with Crippen LogP contribution in [-0.2, 0) is 48.0 Å². The Hall–Kier alpha value is -8.00. The number of carbonyl (C=O) groups excluding carboxylic acids is 4. The number of piperazine rings is 1. The summed E-state index contributed by atoms with van der Waals surface area (Å²) in [7, 11) is 1.63. The van der Waals surface area contributed by atoms with Gasteiger partial charge < -0.3 is 39.4 Å². The summed E-state index contributed by atoms with van der Waals surface area (Å²) in [5.74, 6) is -0.816. The third-order valence-electron chi connectivity index (χ3n) is 17.5. The fourth-order valence-electron chi connectivity index (χ4n) is 13.1. The van der Waals surface area contributed by atoms with Gasteiger partial charge in [0.05, 0.1) is 40.5 Å². The number of imide groups is 1. The zero-order chi connectivity index (χ0) is 55.8. The molecule has 12 rings (SSSR count). The van der Waals surface area contributed by atoms with Crippen LogP contribution in [0, 0.1) is 5.41 Å². The van der Waals surface area contributed by atoms with Crippen LogP contribution in [0.2, 0.25) is 0 Å². The zero-order valence-electron chi connectivity index (χ0n) is 46.1. The van der Waals surface area contributed by atoms with E-state index in [-0.39, 0.29) is 46.3 Å². The lowest BCUT2D eigenvalue weighted by Gasteiger charge is -2.47. The van der Waals surface area contributed by atoms with E-state index in [1.807, 2.05) is 36.4 Å². The van der Waals surface area contributed by atoms with E-state index >= 15 is 0 Å². The van der Waals surface area contributed by atoms with E-state index < -0.39 is 12.2 Å². The van der Waals surface area contributed by atoms with Gasteiger partial charge in [0.1, 0.15) is 11.5 Å². The lowest BCUT2D eigenvalue weighted by Crippen LogP contribution is -2.57. The summed E-state index contributed by atoms with van der Waals surface area (Å²) in [6.45, 7) is 18.3. The topological polar surface area (TPSA) is 204 Å². The van der Waals surface area contributed by atoms with Crippen molar-refractivity contribution in [3.05, 3.63) is 142 Å². The second kappa shape index (κ2) is 20.6. The lowest BCUT2D eigenvalue weighted by molar-refractivity contribution is -0.111. The van der Waals surface area contributed by atoms with Crippen molar-refractivity contribution < 1.29 is 29.0 Å². The van der Waals surface area contributed by atoms with Crippen molar-refractivity contribution >= 4 is 63.7 Å². The van der Waals surface area contributed by atoms with Gasteiger partial charge in [-0.2, -0.15) is 0 Å². The van der Waals surface area contributed by atoms with E-state index in [4.69, 9.17) is 9.72 Å². The molecule has 9 heterocycles. The number of aliphatic hydroxyl groups excluding tert-OH is 1. The van der Waals surface area contributed by atoms with E-state index in [1.165, 1.54) is 26.8 Å². The van der Waals surface area contributed by atoms with Gasteiger partial charge in [-0.1, -0.05) is 27.4 Å². The summed E-state index contributed by atoms with van der Waals surface area (Å²) in [5.41, 5.74) is 9.01. The molecule has 3 saturated heterocycles. The highest BCUT2D eigenvalue weighted by Crippen LogP contribution is 2.42. The van der Waals surface area contributed by atoms with Crippen molar-refractivity contribution in [3.8, 4) is 11.3 Å². The molecular weight excluding hydrogens is 1010 g/mol. The van der Waals surface area contributed by atoms with Crippen LogP contribution in [0.5, 0.6) is 0 Å². The van der Waals surface area contributed by atoms with Gasteiger partial charge in [0, 0.05) is 136 Å². The minimum absolute atomic E-state index is 0.0278. The van der Waals surface area contributed by atoms with Crippen molar-refractivity contribution in [1.29, 1.82) is 0 Å². The van der Waals surface area contributed by atoms with Crippen LogP contribution >= 0.6 is 0 Å². The summed E-state index contributed by atoms with van der Waals surface area (Å²) < 4.78 is 9.16. The number of carbonyl (C=O) groups is 4. The number of hydrogen-bond donors (Lipinski definition) is 3. The van der Waals surface area contributed by atoms with Gasteiger partial charge in [-0.3, -0.25) is 38.8 Å². The Balaban J connectivity index is 0.712. The normalized spacial score (nSPS) is 20.0. The molecular formula is C61H68N12O7. The molecule has 2 aromatic carbocycles. The van der Waals surface area contributed by atoms with Crippen molar-refractivity contribution in [2.45, 2.75) is 96.9 Å². The molecule has 19 heteroatoms. The van der Waals surface area contributed by atoms with Crippen molar-refractivity contribution in [2.24, 2.45) is 12.5 Å². The Morgan fingerprint density at radius 3 is 2.38 bits per heavy atom. The Labute approximate surface area is 464 Å². The Bertz CT molecular complexity index is 3570. The van der Waals surface area contributed by atoms with E-state index in [0.717, 1.165) is 81.8 Å². The van der Waals surface area contributed by atoms with E-state index in [9.17, 15) is 29.1 Å². The molecule has 414 valence electrons. The number of fused-ring (bicyclic) bond motifs is 4. The molecule has 3 fully saturated rings. The highest BCUT2D eigenvalue weighted by atomic mass is 16.5. The number of benzene rings is 2. The Morgan fingerprint density at radius 1 is 0.838 bits per heavy atom. The molecule has 0 radical (unpaired) electrons. The van der Waals surface area contributed by atoms with E-state index in [0.29, 0.717) is 95.4 Å². The number of pyridine rings is 2. The number of ether oxygens (including phenoxy) is 1. The molecule has 6 aliphatic rings. The van der Waals surface area contributed by atoms with Crippen LogP contribution in [0.15, 0.2) is 96.7 Å². The van der Waals surface area contributed by atoms with Gasteiger partial charge in [-0.25, -0.2) is 14.9 Å². The minimum Gasteiger partial charge on any atom is -0.392 e. The number of anilines is 7. The molecule has 1 atom stereocenters. The van der Waals surface area contributed by atoms with Crippen LogP contribution in [0.3, 0.4) is 0 Å². The number of piperidine rings is 1. The van der Waals surface area contributed by atoms with Gasteiger partial charge >= 0.3 is 0 Å². The van der Waals surface area contributed by atoms with Gasteiger partial charge in [0.25, 0.3) is 23.3 Å². The standard InChI is InChI=1S/C61H68N12O7/c1-7-53(75)65-47-29-39(64-54-59(79)67(6)35-48(66-54)43-13-19-63-55(46(43)36-74)72-25-24-71-50(58(72)78)28-38-32-60(3,4)33-51(38)71)8-11-49(47)70-23-22-69(34-37(70)2)40-14-20-68(21-15-40)41-9-10-44-45(30-41)57(77)73(56(44)76)42-12-18-62-52(31-42)61(5)16-26-80-27-17-61/h7-13,18-19,28-31,35,37,40,74H,1,14-17,20-27,32-34,36H2,2-6H3,(H,64,66)(H,65,75)/t37-/m0/s1. The molecule has 19 nitrogen and oxygen atoms in total. The smallest absolute Gasteiger partial charge is 0.293 e. The average molecular weight is 1080 g/mol. The van der Waals surface area contributed by atoms with Crippen LogP contribution in [0.4, 0.5) is 40.1 Å². The van der Waals surface area contributed by atoms with E-state index in [2.05, 4.69) is 74.1 Å². The zero-order valence-corrected chi connectivity index (χ0v) is 46.1. The first-order valence-corrected chi connectivity index (χ1v) is 27.9. The molecule has 5 aliphatic heterocycles. The lowest BCUT2D eigenvalue weighted by atomic mass is 9.79. The third kappa shape index (κ3) is 9.43. The first-order chi connectivity index (χ1) is 38.5. The fourth-order valence-corrected chi connectivity index (χ4v) is 13.1. The molecule has 80 heavy (non-hydrogen) atoms. The monoisotopic (exact) mass is 1080 g/mol. The predicted molar refractivity (Wildman–Crippen MR) is 307 cm³/mol. The molecule has 4 amide bonds. The van der Waals surface area contributed by atoms with Crippen LogP contribution in [0.25, 0.3) is 11.3 Å². The maximum Gasteiger partial charge on any atom is 0.293 e. The second-order valence-corrected chi connectivity index (χ2v) is 23.4. The quantitative estimate of drug-likeness (QED) is 0.0818. The first-order valence-electron chi connectivity index (χ1n) is 27.9. The number of aryl methyl sites for hydroxylation is 1. The number of nitrogens with one attached hydrogen (secondary N) is 2. The summed E-state index contributed by atoms with van der Waals surface area (Å²) in [4.78, 5) is 92.8. The van der Waals surface area contributed by atoms with Crippen molar-refractivity contribution in [2.75, 3.05) is 82.7 Å². The highest BCUT2D eigenvalue weighted by molar-refractivity contribution is 6.34. The molecule has 0 unspecified atom stereocenters. The Morgan fingerprint density at radius 2 is 1.61 bits per heavy atom. The Kier molecular flexibility index (Phi) is 13.6. The van der Waals surface area contributed by atoms with Crippen LogP contribution < -0.4 is 35.8 Å². The number of amides is 4. The molecule has 0 bridgehead atoms. The van der Waals surface area contributed by atoms with Crippen molar-refractivity contribution in [3.63, 3.8) is 0 Å². The number of aliphatic hydroxyl groups is 1. The maximum absolute atomic E-state index is 14.1. The largest absolute Gasteiger partial charge is 0.392 e. The number of hydrogen-bond acceptors (Lipinski definition) is 14. The summed E-state index contributed by atoms with van der Waals surface area (Å²) in [6, 6.07) is 19.0. The fraction of sp³-hybridized carbons (Fsp3) is 0.410. The summed E-state index contributed by atoms with van der Waals surface area (Å²) in [5, 5.41) is 17.1. The van der Waals surface area contributed by atoms with Gasteiger partial charge in [-0.15, -0.1) is 0 Å². The molecule has 6 aromatic rings. The van der Waals surface area contributed by atoms with Gasteiger partial charge in [0.2, 0.25) is 5.91 Å². The number of aromatic nitrogens is 5. The van der Waals surface area contributed by atoms with Crippen LogP contribution in [-0.4, -0.2) is 122 Å². The SMILES string of the molecule is C=CC(=O)Nc1cc(Nc2nc(-c3ccnc(N4CCn5c(cc6c5CC(C)(C)C6)C4=O)c3CO)cn(C)c2=O)ccc1N1CCN(C2CCN(c3ccc4c(c3)C(=O)N(c3ccnc(C5(C)CCOCC5)c3)C4=O)CC2)C[C@@H]1C. The number of rotatable bonds is 12. The molecule has 4 aromatic heterocycles. The minimum atomic E-state index is -0.419. The molecule has 3 N–H and O–H groups in total. The van der Waals surface area contributed by atoms with Crippen molar-refractivity contribution in [1.82, 2.24) is 29.0 Å². The predicted octanol–water partition coefficient (Wildman–Crippen LogP) is 7.23. The van der Waals surface area contributed by atoms with Gasteiger partial charge in [0.15, 0.2) is 5.82 Å². The van der Waals surface area contributed by atoms with Gasteiger partial charge in [-0.05, 0) is 123 Å². The highest BCUT2D eigenvalue weighted by Gasteiger charge is 2.41. The van der Waals surface area contributed by atoms with Crippen LogP contribution in [0.1, 0.15) is 107 Å². The molecule has 0 saturated carbocycles. The second-order valence-electron chi connectivity index (χ2n) is 23.4. The summed E-state index contributed by atoms with van der Waals surface area (Å²) >= 11 is 0. The average Bonchev–Trinajstić information content (AvgIpc) is 4.14.